The molecule has 1 rings (SSSR count). The predicted molar refractivity (Wildman–Crippen MR) is 73.6 cm³/mol. The second-order valence-corrected chi connectivity index (χ2v) is 4.62. The van der Waals surface area contributed by atoms with Crippen molar-refractivity contribution in [2.24, 2.45) is 0 Å². The molecule has 1 aromatic rings. The number of methoxy groups -OCH3 is 1. The van der Waals surface area contributed by atoms with Gasteiger partial charge < -0.3 is 10.1 Å². The zero-order valence-electron chi connectivity index (χ0n) is 11.5. The van der Waals surface area contributed by atoms with E-state index in [-0.39, 0.29) is 12.0 Å². The summed E-state index contributed by atoms with van der Waals surface area (Å²) in [7, 11) is 1.44. The molecule has 0 saturated heterocycles. The summed E-state index contributed by atoms with van der Waals surface area (Å²) in [6.45, 7) is 5.12. The third-order valence-electron chi connectivity index (χ3n) is 2.93. The van der Waals surface area contributed by atoms with E-state index in [1.165, 1.54) is 18.2 Å². The summed E-state index contributed by atoms with van der Waals surface area (Å²) in [5.74, 6) is -0.157. The van der Waals surface area contributed by atoms with E-state index in [9.17, 15) is 4.79 Å². The average molecular weight is 249 g/mol. The SMILES string of the molecule is CCCNC(CC(=O)OC)Cc1ccc(C)cc1. The van der Waals surface area contributed by atoms with Gasteiger partial charge in [-0.15, -0.1) is 0 Å². The standard InChI is InChI=1S/C15H23NO2/c1-4-9-16-14(11-15(17)18-3)10-13-7-5-12(2)6-8-13/h5-8,14,16H,4,9-11H2,1-3H3. The van der Waals surface area contributed by atoms with Gasteiger partial charge in [0, 0.05) is 6.04 Å². The molecule has 1 N–H and O–H groups in total. The minimum absolute atomic E-state index is 0.153. The van der Waals surface area contributed by atoms with Crippen LogP contribution in [-0.2, 0) is 16.0 Å². The van der Waals surface area contributed by atoms with Crippen LogP contribution in [0.4, 0.5) is 0 Å². The van der Waals surface area contributed by atoms with Crippen LogP contribution in [0.2, 0.25) is 0 Å². The Morgan fingerprint density at radius 2 is 2.00 bits per heavy atom. The van der Waals surface area contributed by atoms with Crippen LogP contribution in [0.5, 0.6) is 0 Å². The van der Waals surface area contributed by atoms with Crippen LogP contribution in [0, 0.1) is 6.92 Å². The Kier molecular flexibility index (Phi) is 6.44. The first kappa shape index (κ1) is 14.7. The number of carbonyl (C=O) groups is 1. The van der Waals surface area contributed by atoms with Crippen LogP contribution in [0.3, 0.4) is 0 Å². The van der Waals surface area contributed by atoms with E-state index in [1.54, 1.807) is 0 Å². The second kappa shape index (κ2) is 7.88. The molecule has 0 radical (unpaired) electrons. The maximum absolute atomic E-state index is 11.4. The van der Waals surface area contributed by atoms with E-state index in [1.807, 2.05) is 0 Å². The van der Waals surface area contributed by atoms with Crippen LogP contribution in [0.25, 0.3) is 0 Å². The van der Waals surface area contributed by atoms with Crippen molar-refractivity contribution in [3.63, 3.8) is 0 Å². The van der Waals surface area contributed by atoms with Crippen molar-refractivity contribution in [2.75, 3.05) is 13.7 Å². The summed E-state index contributed by atoms with van der Waals surface area (Å²) >= 11 is 0. The summed E-state index contributed by atoms with van der Waals surface area (Å²) in [6, 6.07) is 8.59. The minimum Gasteiger partial charge on any atom is -0.469 e. The van der Waals surface area contributed by atoms with Gasteiger partial charge in [0.2, 0.25) is 0 Å². The Bertz CT molecular complexity index is 359. The number of esters is 1. The second-order valence-electron chi connectivity index (χ2n) is 4.62. The molecular weight excluding hydrogens is 226 g/mol. The van der Waals surface area contributed by atoms with Gasteiger partial charge in [-0.3, -0.25) is 4.79 Å². The highest BCUT2D eigenvalue weighted by atomic mass is 16.5. The van der Waals surface area contributed by atoms with Gasteiger partial charge in [0.15, 0.2) is 0 Å². The first-order valence-electron chi connectivity index (χ1n) is 6.51. The lowest BCUT2D eigenvalue weighted by atomic mass is 10.0. The van der Waals surface area contributed by atoms with Crippen LogP contribution in [0.1, 0.15) is 30.9 Å². The average Bonchev–Trinajstić information content (AvgIpc) is 2.38. The fourth-order valence-electron chi connectivity index (χ4n) is 1.86. The van der Waals surface area contributed by atoms with Crippen molar-refractivity contribution in [1.29, 1.82) is 0 Å². The number of rotatable bonds is 7. The van der Waals surface area contributed by atoms with Gasteiger partial charge in [-0.1, -0.05) is 36.8 Å². The third-order valence-corrected chi connectivity index (χ3v) is 2.93. The largest absolute Gasteiger partial charge is 0.469 e. The molecule has 0 saturated carbocycles. The molecule has 18 heavy (non-hydrogen) atoms. The van der Waals surface area contributed by atoms with Crippen molar-refractivity contribution >= 4 is 5.97 Å². The van der Waals surface area contributed by atoms with Crippen LogP contribution < -0.4 is 5.32 Å². The van der Waals surface area contributed by atoms with Gasteiger partial charge in [-0.2, -0.15) is 0 Å². The van der Waals surface area contributed by atoms with Crippen molar-refractivity contribution in [3.8, 4) is 0 Å². The molecule has 0 bridgehead atoms. The molecule has 0 aliphatic heterocycles. The third kappa shape index (κ3) is 5.32. The highest BCUT2D eigenvalue weighted by Gasteiger charge is 2.14. The van der Waals surface area contributed by atoms with Gasteiger partial charge in [-0.05, 0) is 31.9 Å². The van der Waals surface area contributed by atoms with Crippen molar-refractivity contribution in [1.82, 2.24) is 5.32 Å². The van der Waals surface area contributed by atoms with Crippen molar-refractivity contribution < 1.29 is 9.53 Å². The highest BCUT2D eigenvalue weighted by molar-refractivity contribution is 5.70. The number of ether oxygens (including phenoxy) is 1. The molecule has 1 aromatic carbocycles. The molecule has 0 fully saturated rings. The van der Waals surface area contributed by atoms with Crippen molar-refractivity contribution in [2.45, 2.75) is 39.2 Å². The Balaban J connectivity index is 2.59. The number of hydrogen-bond acceptors (Lipinski definition) is 3. The molecule has 0 aliphatic carbocycles. The lowest BCUT2D eigenvalue weighted by molar-refractivity contribution is -0.141. The molecule has 3 heteroatoms. The monoisotopic (exact) mass is 249 g/mol. The fraction of sp³-hybridized carbons (Fsp3) is 0.533. The van der Waals surface area contributed by atoms with E-state index < -0.39 is 0 Å². The topological polar surface area (TPSA) is 38.3 Å². The van der Waals surface area contributed by atoms with E-state index in [2.05, 4.69) is 43.4 Å². The van der Waals surface area contributed by atoms with Gasteiger partial charge in [0.05, 0.1) is 13.5 Å². The number of carbonyl (C=O) groups excluding carboxylic acids is 1. The van der Waals surface area contributed by atoms with Crippen molar-refractivity contribution in [3.05, 3.63) is 35.4 Å². The fourth-order valence-corrected chi connectivity index (χ4v) is 1.86. The van der Waals surface area contributed by atoms with Gasteiger partial charge >= 0.3 is 5.97 Å². The summed E-state index contributed by atoms with van der Waals surface area (Å²) in [5, 5.41) is 3.40. The van der Waals surface area contributed by atoms with E-state index in [4.69, 9.17) is 4.74 Å². The predicted octanol–water partition coefficient (Wildman–Crippen LogP) is 2.47. The number of nitrogens with one attached hydrogen (secondary N) is 1. The lowest BCUT2D eigenvalue weighted by Gasteiger charge is -2.17. The Morgan fingerprint density at radius 1 is 1.33 bits per heavy atom. The van der Waals surface area contributed by atoms with Crippen LogP contribution >= 0.6 is 0 Å². The number of aryl methyl sites for hydroxylation is 1. The smallest absolute Gasteiger partial charge is 0.307 e. The first-order valence-corrected chi connectivity index (χ1v) is 6.51. The summed E-state index contributed by atoms with van der Waals surface area (Å²) in [6.07, 6.45) is 2.34. The molecule has 1 atom stereocenters. The van der Waals surface area contributed by atoms with E-state index in [0.29, 0.717) is 6.42 Å². The maximum atomic E-state index is 11.4. The number of hydrogen-bond donors (Lipinski definition) is 1. The van der Waals surface area contributed by atoms with Gasteiger partial charge in [-0.25, -0.2) is 0 Å². The van der Waals surface area contributed by atoms with Crippen LogP contribution in [0.15, 0.2) is 24.3 Å². The minimum atomic E-state index is -0.157. The summed E-state index contributed by atoms with van der Waals surface area (Å²) in [5.41, 5.74) is 2.50. The van der Waals surface area contributed by atoms with Crippen LogP contribution in [-0.4, -0.2) is 25.7 Å². The quantitative estimate of drug-likeness (QED) is 0.754. The molecule has 1 unspecified atom stereocenters. The molecule has 0 spiro atoms. The molecule has 0 aromatic heterocycles. The summed E-state index contributed by atoms with van der Waals surface area (Å²) in [4.78, 5) is 11.4. The first-order chi connectivity index (χ1) is 8.65. The number of benzene rings is 1. The zero-order valence-corrected chi connectivity index (χ0v) is 11.5. The zero-order chi connectivity index (χ0) is 13.4. The van der Waals surface area contributed by atoms with E-state index in [0.717, 1.165) is 19.4 Å². The molecule has 3 nitrogen and oxygen atoms in total. The molecule has 0 amide bonds. The molecule has 0 aliphatic rings. The Hall–Kier alpha value is -1.35. The molecule has 0 heterocycles. The highest BCUT2D eigenvalue weighted by Crippen LogP contribution is 2.08. The van der Waals surface area contributed by atoms with Gasteiger partial charge in [0.1, 0.15) is 0 Å². The van der Waals surface area contributed by atoms with Gasteiger partial charge in [0.25, 0.3) is 0 Å². The lowest BCUT2D eigenvalue weighted by Crippen LogP contribution is -2.34. The Labute approximate surface area is 110 Å². The van der Waals surface area contributed by atoms with E-state index >= 15 is 0 Å². The Morgan fingerprint density at radius 3 is 2.56 bits per heavy atom. The summed E-state index contributed by atoms with van der Waals surface area (Å²) < 4.78 is 4.74. The molecular formula is C15H23NO2. The molecule has 100 valence electrons. The normalized spacial score (nSPS) is 12.2. The maximum Gasteiger partial charge on any atom is 0.307 e.